The van der Waals surface area contributed by atoms with Gasteiger partial charge in [0, 0.05) is 5.56 Å². The van der Waals surface area contributed by atoms with Crippen LogP contribution < -0.4 is 5.32 Å². The second kappa shape index (κ2) is 7.78. The summed E-state index contributed by atoms with van der Waals surface area (Å²) in [5.74, 6) is -1.37. The van der Waals surface area contributed by atoms with Gasteiger partial charge < -0.3 is 10.4 Å². The van der Waals surface area contributed by atoms with E-state index in [0.717, 1.165) is 12.0 Å². The summed E-state index contributed by atoms with van der Waals surface area (Å²) in [5, 5.41) is 11.8. The third-order valence-corrected chi connectivity index (χ3v) is 3.52. The Bertz CT molecular complexity index is 526. The predicted octanol–water partition coefficient (Wildman–Crippen LogP) is 3.52. The minimum atomic E-state index is -1.01. The molecule has 0 aliphatic rings. The summed E-state index contributed by atoms with van der Waals surface area (Å²) in [6, 6.07) is 6.41. The van der Waals surface area contributed by atoms with Crippen molar-refractivity contribution in [3.8, 4) is 0 Å². The number of nitrogens with one attached hydrogen (secondary N) is 1. The van der Waals surface area contributed by atoms with E-state index in [4.69, 9.17) is 0 Å². The number of benzene rings is 1. The van der Waals surface area contributed by atoms with E-state index >= 15 is 0 Å². The number of amides is 1. The van der Waals surface area contributed by atoms with Crippen LogP contribution in [0.2, 0.25) is 0 Å². The lowest BCUT2D eigenvalue weighted by molar-refractivity contribution is -0.139. The Morgan fingerprint density at radius 2 is 1.86 bits per heavy atom. The molecule has 0 bridgehead atoms. The largest absolute Gasteiger partial charge is 0.480 e. The highest BCUT2D eigenvalue weighted by molar-refractivity contribution is 5.96. The van der Waals surface area contributed by atoms with Crippen molar-refractivity contribution in [1.29, 1.82) is 0 Å². The number of aliphatic carboxylic acids is 1. The Kier molecular flexibility index (Phi) is 6.35. The molecule has 2 N–H and O–H groups in total. The van der Waals surface area contributed by atoms with E-state index in [2.05, 4.69) is 32.7 Å². The number of carboxylic acid groups (broad SMARTS) is 1. The van der Waals surface area contributed by atoms with Gasteiger partial charge in [-0.1, -0.05) is 39.0 Å². The van der Waals surface area contributed by atoms with Crippen molar-refractivity contribution in [3.63, 3.8) is 0 Å². The van der Waals surface area contributed by atoms with E-state index < -0.39 is 12.0 Å². The predicted molar refractivity (Wildman–Crippen MR) is 88.1 cm³/mol. The molecule has 0 heterocycles. The van der Waals surface area contributed by atoms with Crippen LogP contribution in [0.3, 0.4) is 0 Å². The van der Waals surface area contributed by atoms with Crippen LogP contribution >= 0.6 is 0 Å². The van der Waals surface area contributed by atoms with Crippen LogP contribution in [-0.4, -0.2) is 23.0 Å². The molecule has 0 fully saturated rings. The molecule has 4 nitrogen and oxygen atoms in total. The van der Waals surface area contributed by atoms with Gasteiger partial charge in [0.25, 0.3) is 5.91 Å². The van der Waals surface area contributed by atoms with Gasteiger partial charge in [-0.15, -0.1) is 6.58 Å². The Hall–Kier alpha value is -2.10. The van der Waals surface area contributed by atoms with Gasteiger partial charge in [-0.25, -0.2) is 4.79 Å². The molecule has 1 aromatic rings. The second-order valence-corrected chi connectivity index (χ2v) is 6.41. The normalized spacial score (nSPS) is 12.5. The van der Waals surface area contributed by atoms with Crippen molar-refractivity contribution in [2.75, 3.05) is 0 Å². The highest BCUT2D eigenvalue weighted by atomic mass is 16.4. The Labute approximate surface area is 132 Å². The van der Waals surface area contributed by atoms with Gasteiger partial charge in [0.1, 0.15) is 6.04 Å². The van der Waals surface area contributed by atoms with E-state index in [-0.39, 0.29) is 11.3 Å². The van der Waals surface area contributed by atoms with Gasteiger partial charge in [0.2, 0.25) is 0 Å². The summed E-state index contributed by atoms with van der Waals surface area (Å²) in [6.45, 7) is 9.90. The Morgan fingerprint density at radius 1 is 1.27 bits per heavy atom. The average molecular weight is 303 g/mol. The zero-order valence-corrected chi connectivity index (χ0v) is 13.6. The van der Waals surface area contributed by atoms with Crippen LogP contribution in [0.15, 0.2) is 36.9 Å². The van der Waals surface area contributed by atoms with Crippen molar-refractivity contribution in [2.24, 2.45) is 0 Å². The molecular formula is C18H25NO3. The SMILES string of the molecule is C=CCCC[C@H](NC(=O)c1ccc(C(C)(C)C)cc1)C(=O)O. The molecule has 0 radical (unpaired) electrons. The highest BCUT2D eigenvalue weighted by Crippen LogP contribution is 2.22. The lowest BCUT2D eigenvalue weighted by Gasteiger charge is -2.19. The van der Waals surface area contributed by atoms with Gasteiger partial charge in [-0.2, -0.15) is 0 Å². The number of hydrogen-bond donors (Lipinski definition) is 2. The highest BCUT2D eigenvalue weighted by Gasteiger charge is 2.20. The first kappa shape index (κ1) is 18.0. The molecule has 0 aliphatic heterocycles. The van der Waals surface area contributed by atoms with Crippen LogP contribution in [0.25, 0.3) is 0 Å². The van der Waals surface area contributed by atoms with Crippen molar-refractivity contribution < 1.29 is 14.7 Å². The topological polar surface area (TPSA) is 66.4 Å². The quantitative estimate of drug-likeness (QED) is 0.598. The van der Waals surface area contributed by atoms with E-state index in [1.54, 1.807) is 18.2 Å². The van der Waals surface area contributed by atoms with Crippen molar-refractivity contribution in [3.05, 3.63) is 48.0 Å². The number of carboxylic acids is 1. The number of carbonyl (C=O) groups excluding carboxylic acids is 1. The summed E-state index contributed by atoms with van der Waals surface area (Å²) in [6.07, 6.45) is 3.56. The molecule has 1 aromatic carbocycles. The van der Waals surface area contributed by atoms with E-state index in [1.165, 1.54) is 0 Å². The van der Waals surface area contributed by atoms with E-state index in [9.17, 15) is 14.7 Å². The molecule has 1 amide bonds. The minimum Gasteiger partial charge on any atom is -0.480 e. The Morgan fingerprint density at radius 3 is 2.32 bits per heavy atom. The van der Waals surface area contributed by atoms with Crippen molar-refractivity contribution >= 4 is 11.9 Å². The molecule has 22 heavy (non-hydrogen) atoms. The fourth-order valence-electron chi connectivity index (χ4n) is 2.09. The zero-order chi connectivity index (χ0) is 16.8. The first-order chi connectivity index (χ1) is 10.3. The van der Waals surface area contributed by atoms with Gasteiger partial charge in [0.15, 0.2) is 0 Å². The molecule has 1 atom stereocenters. The van der Waals surface area contributed by atoms with Gasteiger partial charge in [-0.05, 0) is 42.4 Å². The summed E-state index contributed by atoms with van der Waals surface area (Å²) >= 11 is 0. The third kappa shape index (κ3) is 5.35. The second-order valence-electron chi connectivity index (χ2n) is 6.41. The first-order valence-corrected chi connectivity index (χ1v) is 7.51. The summed E-state index contributed by atoms with van der Waals surface area (Å²) in [5.41, 5.74) is 1.62. The van der Waals surface area contributed by atoms with Crippen molar-refractivity contribution in [2.45, 2.75) is 51.5 Å². The number of hydrogen-bond acceptors (Lipinski definition) is 2. The van der Waals surface area contributed by atoms with Crippen LogP contribution in [-0.2, 0) is 10.2 Å². The van der Waals surface area contributed by atoms with E-state index in [0.29, 0.717) is 18.4 Å². The average Bonchev–Trinajstić information content (AvgIpc) is 2.45. The molecule has 120 valence electrons. The maximum Gasteiger partial charge on any atom is 0.326 e. The third-order valence-electron chi connectivity index (χ3n) is 3.52. The molecule has 1 rings (SSSR count). The molecule has 0 saturated heterocycles. The summed E-state index contributed by atoms with van der Waals surface area (Å²) < 4.78 is 0. The van der Waals surface area contributed by atoms with Crippen molar-refractivity contribution in [1.82, 2.24) is 5.32 Å². The van der Waals surface area contributed by atoms with Gasteiger partial charge in [0.05, 0.1) is 0 Å². The molecule has 4 heteroatoms. The summed E-state index contributed by atoms with van der Waals surface area (Å²) in [4.78, 5) is 23.4. The lowest BCUT2D eigenvalue weighted by Crippen LogP contribution is -2.40. The molecule has 0 aliphatic carbocycles. The molecule has 0 aromatic heterocycles. The molecule has 0 spiro atoms. The van der Waals surface area contributed by atoms with Crippen LogP contribution in [0.1, 0.15) is 56.0 Å². The maximum atomic E-state index is 12.2. The minimum absolute atomic E-state index is 0.0172. The number of rotatable bonds is 7. The number of carbonyl (C=O) groups is 2. The number of unbranched alkanes of at least 4 members (excludes halogenated alkanes) is 1. The van der Waals surface area contributed by atoms with Crippen LogP contribution in [0.4, 0.5) is 0 Å². The lowest BCUT2D eigenvalue weighted by atomic mass is 9.86. The van der Waals surface area contributed by atoms with Gasteiger partial charge >= 0.3 is 5.97 Å². The molecule has 0 saturated carbocycles. The van der Waals surface area contributed by atoms with Crippen LogP contribution in [0.5, 0.6) is 0 Å². The van der Waals surface area contributed by atoms with Gasteiger partial charge in [-0.3, -0.25) is 4.79 Å². The monoisotopic (exact) mass is 303 g/mol. The molecule has 0 unspecified atom stereocenters. The summed E-state index contributed by atoms with van der Waals surface area (Å²) in [7, 11) is 0. The van der Waals surface area contributed by atoms with E-state index in [1.807, 2.05) is 12.1 Å². The number of allylic oxidation sites excluding steroid dienone is 1. The maximum absolute atomic E-state index is 12.2. The fraction of sp³-hybridized carbons (Fsp3) is 0.444. The smallest absolute Gasteiger partial charge is 0.326 e. The zero-order valence-electron chi connectivity index (χ0n) is 13.6. The standard InChI is InChI=1S/C18H25NO3/c1-5-6-7-8-15(17(21)22)19-16(20)13-9-11-14(12-10-13)18(2,3)4/h5,9-12,15H,1,6-8H2,2-4H3,(H,19,20)(H,21,22)/t15-/m0/s1. The first-order valence-electron chi connectivity index (χ1n) is 7.51. The fourth-order valence-corrected chi connectivity index (χ4v) is 2.09. The molecular weight excluding hydrogens is 278 g/mol. The Balaban J connectivity index is 2.73. The van der Waals surface area contributed by atoms with Crippen LogP contribution in [0, 0.1) is 0 Å².